The van der Waals surface area contributed by atoms with Gasteiger partial charge in [-0.3, -0.25) is 4.79 Å². The van der Waals surface area contributed by atoms with E-state index in [-0.39, 0.29) is 17.4 Å². The summed E-state index contributed by atoms with van der Waals surface area (Å²) in [5.41, 5.74) is 3.89. The number of aromatic nitrogens is 1. The number of sulfone groups is 1. The Balaban J connectivity index is 1.91. The van der Waals surface area contributed by atoms with Crippen molar-refractivity contribution in [2.75, 3.05) is 11.5 Å². The molecule has 134 valence electrons. The summed E-state index contributed by atoms with van der Waals surface area (Å²) in [6.45, 7) is 7.72. The van der Waals surface area contributed by atoms with Crippen LogP contribution in [0.1, 0.15) is 40.7 Å². The van der Waals surface area contributed by atoms with Gasteiger partial charge in [-0.25, -0.2) is 8.42 Å². The van der Waals surface area contributed by atoms with E-state index in [0.717, 1.165) is 22.6 Å². The molecule has 5 nitrogen and oxygen atoms in total. The second-order valence-corrected chi connectivity index (χ2v) is 9.50. The molecule has 2 aromatic rings. The summed E-state index contributed by atoms with van der Waals surface area (Å²) in [6, 6.07) is 9.98. The van der Waals surface area contributed by atoms with Gasteiger partial charge >= 0.3 is 0 Å². The first-order valence-electron chi connectivity index (χ1n) is 8.39. The highest BCUT2D eigenvalue weighted by Crippen LogP contribution is 2.25. The summed E-state index contributed by atoms with van der Waals surface area (Å²) in [7, 11) is -3.06. The molecule has 3 rings (SSSR count). The van der Waals surface area contributed by atoms with Gasteiger partial charge in [-0.2, -0.15) is 0 Å². The van der Waals surface area contributed by atoms with Gasteiger partial charge < -0.3 is 9.88 Å². The van der Waals surface area contributed by atoms with E-state index in [9.17, 15) is 13.2 Å². The summed E-state index contributed by atoms with van der Waals surface area (Å²) < 4.78 is 25.6. The van der Waals surface area contributed by atoms with Gasteiger partial charge in [0.1, 0.15) is 0 Å². The largest absolute Gasteiger partial charge is 0.346 e. The predicted molar refractivity (Wildman–Crippen MR) is 99.1 cm³/mol. The van der Waals surface area contributed by atoms with Gasteiger partial charge in [0.2, 0.25) is 0 Å². The highest BCUT2D eigenvalue weighted by atomic mass is 32.2. The molecule has 1 unspecified atom stereocenters. The van der Waals surface area contributed by atoms with Crippen LogP contribution in [0.5, 0.6) is 0 Å². The molecule has 1 amide bonds. The lowest BCUT2D eigenvalue weighted by Gasteiger charge is -2.23. The summed E-state index contributed by atoms with van der Waals surface area (Å²) >= 11 is 0. The van der Waals surface area contributed by atoms with Crippen LogP contribution in [-0.2, 0) is 9.84 Å². The number of hydrogen-bond donors (Lipinski definition) is 1. The third-order valence-corrected chi connectivity index (χ3v) is 6.76. The Morgan fingerprint density at radius 2 is 1.92 bits per heavy atom. The molecule has 1 saturated heterocycles. The zero-order valence-corrected chi connectivity index (χ0v) is 15.9. The number of rotatable bonds is 3. The van der Waals surface area contributed by atoms with Gasteiger partial charge in [0.05, 0.1) is 22.6 Å². The van der Waals surface area contributed by atoms with Crippen molar-refractivity contribution in [3.8, 4) is 5.69 Å². The number of carbonyl (C=O) groups excluding carboxylic acids is 1. The summed E-state index contributed by atoms with van der Waals surface area (Å²) in [6.07, 6.45) is 0.456. The Bertz CT molecular complexity index is 944. The summed E-state index contributed by atoms with van der Waals surface area (Å²) in [5, 5.41) is 2.94. The van der Waals surface area contributed by atoms with Crippen LogP contribution in [0.4, 0.5) is 0 Å². The van der Waals surface area contributed by atoms with Gasteiger partial charge in [-0.15, -0.1) is 0 Å². The molecule has 0 saturated carbocycles. The van der Waals surface area contributed by atoms with Gasteiger partial charge in [-0.1, -0.05) is 12.1 Å². The Hall–Kier alpha value is -2.08. The SMILES string of the molecule is Cc1cccc(-n2c(C)cc(C(=O)NC3(C)CCS(=O)(=O)C3)c2C)c1. The van der Waals surface area contributed by atoms with Crippen molar-refractivity contribution < 1.29 is 13.2 Å². The van der Waals surface area contributed by atoms with Crippen molar-refractivity contribution in [3.63, 3.8) is 0 Å². The maximum atomic E-state index is 12.8. The third-order valence-electron chi connectivity index (χ3n) is 4.85. The smallest absolute Gasteiger partial charge is 0.253 e. The van der Waals surface area contributed by atoms with Crippen LogP contribution in [0, 0.1) is 20.8 Å². The lowest BCUT2D eigenvalue weighted by molar-refractivity contribution is 0.0915. The Kier molecular flexibility index (Phi) is 4.27. The number of nitrogens with zero attached hydrogens (tertiary/aromatic N) is 1. The lowest BCUT2D eigenvalue weighted by atomic mass is 10.0. The van der Waals surface area contributed by atoms with E-state index in [1.807, 2.05) is 45.0 Å². The first kappa shape index (κ1) is 17.7. The second kappa shape index (κ2) is 6.02. The van der Waals surface area contributed by atoms with Crippen molar-refractivity contribution in [3.05, 3.63) is 52.8 Å². The summed E-state index contributed by atoms with van der Waals surface area (Å²) in [5.74, 6) is -0.0827. The van der Waals surface area contributed by atoms with E-state index in [1.54, 1.807) is 6.92 Å². The van der Waals surface area contributed by atoms with Crippen LogP contribution >= 0.6 is 0 Å². The zero-order valence-electron chi connectivity index (χ0n) is 15.1. The molecule has 0 radical (unpaired) electrons. The minimum absolute atomic E-state index is 0.00234. The van der Waals surface area contributed by atoms with E-state index in [4.69, 9.17) is 0 Å². The number of carbonyl (C=O) groups is 1. The number of aryl methyl sites for hydroxylation is 2. The molecule has 1 atom stereocenters. The minimum atomic E-state index is -3.06. The van der Waals surface area contributed by atoms with Crippen LogP contribution in [0.2, 0.25) is 0 Å². The van der Waals surface area contributed by atoms with Crippen LogP contribution in [-0.4, -0.2) is 35.9 Å². The first-order chi connectivity index (χ1) is 11.6. The van der Waals surface area contributed by atoms with Crippen molar-refractivity contribution in [1.29, 1.82) is 0 Å². The van der Waals surface area contributed by atoms with E-state index in [1.165, 1.54) is 0 Å². The van der Waals surface area contributed by atoms with Crippen molar-refractivity contribution in [2.45, 2.75) is 39.7 Å². The molecule has 0 spiro atoms. The molecular formula is C19H24N2O3S. The highest BCUT2D eigenvalue weighted by Gasteiger charge is 2.39. The molecule has 6 heteroatoms. The van der Waals surface area contributed by atoms with Crippen molar-refractivity contribution >= 4 is 15.7 Å². The molecule has 1 fully saturated rings. The van der Waals surface area contributed by atoms with E-state index < -0.39 is 15.4 Å². The average Bonchev–Trinajstić information content (AvgIpc) is 2.94. The predicted octanol–water partition coefficient (Wildman–Crippen LogP) is 2.71. The Morgan fingerprint density at radius 1 is 1.20 bits per heavy atom. The van der Waals surface area contributed by atoms with Crippen LogP contribution in [0.25, 0.3) is 5.69 Å². The molecule has 0 aliphatic carbocycles. The number of nitrogens with one attached hydrogen (secondary N) is 1. The molecule has 25 heavy (non-hydrogen) atoms. The van der Waals surface area contributed by atoms with E-state index >= 15 is 0 Å². The Morgan fingerprint density at radius 3 is 2.52 bits per heavy atom. The average molecular weight is 360 g/mol. The molecule has 1 aromatic carbocycles. The van der Waals surface area contributed by atoms with Gasteiger partial charge in [0.25, 0.3) is 5.91 Å². The lowest BCUT2D eigenvalue weighted by Crippen LogP contribution is -2.47. The van der Waals surface area contributed by atoms with Gasteiger partial charge in [0.15, 0.2) is 9.84 Å². The van der Waals surface area contributed by atoms with Crippen molar-refractivity contribution in [1.82, 2.24) is 9.88 Å². The van der Waals surface area contributed by atoms with E-state index in [2.05, 4.69) is 16.0 Å². The topological polar surface area (TPSA) is 68.2 Å². The van der Waals surface area contributed by atoms with Crippen LogP contribution < -0.4 is 5.32 Å². The van der Waals surface area contributed by atoms with Gasteiger partial charge in [-0.05, 0) is 57.9 Å². The first-order valence-corrected chi connectivity index (χ1v) is 10.2. The second-order valence-electron chi connectivity index (χ2n) is 7.32. The third kappa shape index (κ3) is 3.49. The molecule has 1 aromatic heterocycles. The Labute approximate surface area is 149 Å². The maximum absolute atomic E-state index is 12.8. The fraction of sp³-hybridized carbons (Fsp3) is 0.421. The monoisotopic (exact) mass is 360 g/mol. The normalized spacial score (nSPS) is 22.1. The molecular weight excluding hydrogens is 336 g/mol. The van der Waals surface area contributed by atoms with Crippen LogP contribution in [0.3, 0.4) is 0 Å². The standard InChI is InChI=1S/C19H24N2O3S/c1-13-6-5-7-16(10-13)21-14(2)11-17(15(21)3)18(22)20-19(4)8-9-25(23,24)12-19/h5-7,10-11H,8-9,12H2,1-4H3,(H,20,22). The van der Waals surface area contributed by atoms with Gasteiger partial charge in [0, 0.05) is 17.1 Å². The molecule has 1 aliphatic heterocycles. The number of benzene rings is 1. The number of hydrogen-bond acceptors (Lipinski definition) is 3. The van der Waals surface area contributed by atoms with Crippen molar-refractivity contribution in [2.24, 2.45) is 0 Å². The molecule has 2 heterocycles. The molecule has 0 bridgehead atoms. The quantitative estimate of drug-likeness (QED) is 0.915. The fourth-order valence-electron chi connectivity index (χ4n) is 3.61. The highest BCUT2D eigenvalue weighted by molar-refractivity contribution is 7.91. The van der Waals surface area contributed by atoms with E-state index in [0.29, 0.717) is 12.0 Å². The maximum Gasteiger partial charge on any atom is 0.253 e. The number of amides is 1. The molecule has 1 N–H and O–H groups in total. The minimum Gasteiger partial charge on any atom is -0.346 e. The molecule has 1 aliphatic rings. The summed E-state index contributed by atoms with van der Waals surface area (Å²) in [4.78, 5) is 12.8. The zero-order chi connectivity index (χ0) is 18.4. The van der Waals surface area contributed by atoms with Crippen LogP contribution in [0.15, 0.2) is 30.3 Å². The fourth-order valence-corrected chi connectivity index (χ4v) is 5.70.